The van der Waals surface area contributed by atoms with Crippen LogP contribution in [0, 0.1) is 135 Å². The predicted octanol–water partition coefficient (Wildman–Crippen LogP) is 14.0. The summed E-state index contributed by atoms with van der Waals surface area (Å²) in [5.74, 6) is -33.0. The van der Waals surface area contributed by atoms with Crippen molar-refractivity contribution in [1.82, 2.24) is 0 Å². The minimum Gasteiger partial charge on any atom is -0.465 e. The Morgan fingerprint density at radius 2 is 0.822 bits per heavy atom. The van der Waals surface area contributed by atoms with Gasteiger partial charge in [-0.2, -0.15) is 69.9 Å². The summed E-state index contributed by atoms with van der Waals surface area (Å²) in [7, 11) is -2.70. The number of carbonyl (C=O) groups is 11. The van der Waals surface area contributed by atoms with Gasteiger partial charge in [0.25, 0.3) is 10.1 Å². The van der Waals surface area contributed by atoms with Crippen LogP contribution in [0.3, 0.4) is 0 Å². The van der Waals surface area contributed by atoms with Crippen molar-refractivity contribution in [1.29, 1.82) is 0 Å². The van der Waals surface area contributed by atoms with Gasteiger partial charge in [-0.15, -0.1) is 0 Å². The Hall–Kier alpha value is -6.74. The van der Waals surface area contributed by atoms with Crippen LogP contribution in [0.4, 0.5) is 61.5 Å². The fourth-order valence-corrected chi connectivity index (χ4v) is 30.7. The number of alkyl halides is 14. The molecule has 0 spiro atoms. The van der Waals surface area contributed by atoms with Gasteiger partial charge in [-0.05, 0) is 239 Å². The maximum absolute atomic E-state index is 13.5. The Morgan fingerprint density at radius 1 is 0.411 bits per heavy atom. The zero-order valence-corrected chi connectivity index (χ0v) is 73.9. The monoisotopic (exact) mass is 1880 g/mol. The fraction of sp³-hybridized carbons (Fsp3) is 0.876. The van der Waals surface area contributed by atoms with Gasteiger partial charge in [0.1, 0.15) is 53.6 Å². The average molecular weight is 1880 g/mol. The molecule has 20 unspecified atom stereocenters. The molecule has 25 rings (SSSR count). The first-order valence-electron chi connectivity index (χ1n) is 45.2. The van der Waals surface area contributed by atoms with Gasteiger partial charge in [-0.1, -0.05) is 0 Å². The number of methoxy groups -OCH3 is 1. The molecular formula is C89H114F14O25S. The highest BCUT2D eigenvalue weighted by molar-refractivity contribution is 7.87. The van der Waals surface area contributed by atoms with Crippen LogP contribution >= 0.6 is 0 Å². The molecule has 25 nitrogen and oxygen atoms in total. The number of halogens is 14. The molecule has 724 valence electrons. The Morgan fingerprint density at radius 3 is 1.29 bits per heavy atom. The van der Waals surface area contributed by atoms with Crippen molar-refractivity contribution in [3.63, 3.8) is 0 Å². The van der Waals surface area contributed by atoms with E-state index in [1.807, 2.05) is 6.92 Å². The summed E-state index contributed by atoms with van der Waals surface area (Å²) in [6.07, 6.45) is 19.2. The maximum Gasteiger partial charge on any atom is 0.377 e. The number of ether oxygens (including phenoxy) is 10. The molecule has 0 aromatic rings. The summed E-state index contributed by atoms with van der Waals surface area (Å²) in [6.45, 7) is 5.92. The van der Waals surface area contributed by atoms with Crippen molar-refractivity contribution >= 4 is 75.6 Å². The summed E-state index contributed by atoms with van der Waals surface area (Å²) < 4.78 is 256. The molecule has 22 bridgehead atoms. The third-order valence-electron chi connectivity index (χ3n) is 32.7. The highest BCUT2D eigenvalue weighted by Gasteiger charge is 2.73. The fourth-order valence-electron chi connectivity index (χ4n) is 28.8. The smallest absolute Gasteiger partial charge is 0.377 e. The number of Topliss-reactive ketones (excluding diaryl/α,β-unsaturated/α-hetero) is 1. The third-order valence-corrected chi connectivity index (χ3v) is 34.5. The lowest BCUT2D eigenvalue weighted by Gasteiger charge is -2.59. The molecule has 0 aromatic heterocycles. The largest absolute Gasteiger partial charge is 0.465 e. The Labute approximate surface area is 736 Å². The van der Waals surface area contributed by atoms with E-state index in [1.165, 1.54) is 25.7 Å². The van der Waals surface area contributed by atoms with E-state index >= 15 is 0 Å². The highest BCUT2D eigenvalue weighted by atomic mass is 32.2. The number of carbonyl (C=O) groups excluding carboxylic acids is 11. The molecule has 25 aliphatic rings. The maximum atomic E-state index is 13.5. The summed E-state index contributed by atoms with van der Waals surface area (Å²) in [5.41, 5.74) is -2.22. The molecule has 3 saturated heterocycles. The minimum absolute atomic E-state index is 0.00671. The van der Waals surface area contributed by atoms with Gasteiger partial charge >= 0.3 is 101 Å². The number of aliphatic hydroxyl groups is 1. The van der Waals surface area contributed by atoms with E-state index in [4.69, 9.17) is 46.8 Å². The molecule has 25 fully saturated rings. The number of hydrogen-bond acceptors (Lipinski definition) is 25. The van der Waals surface area contributed by atoms with Crippen molar-refractivity contribution < 1.29 is 179 Å². The van der Waals surface area contributed by atoms with Gasteiger partial charge < -0.3 is 52.5 Å². The van der Waals surface area contributed by atoms with Crippen LogP contribution < -0.4 is 0 Å². The Kier molecular flexibility index (Phi) is 25.3. The van der Waals surface area contributed by atoms with Gasteiger partial charge in [0.2, 0.25) is 0 Å². The lowest BCUT2D eigenvalue weighted by molar-refractivity contribution is -0.212. The van der Waals surface area contributed by atoms with Crippen molar-refractivity contribution in [2.45, 2.75) is 329 Å². The molecule has 22 saturated carbocycles. The van der Waals surface area contributed by atoms with Gasteiger partial charge in [-0.25, -0.2) is 33.6 Å². The van der Waals surface area contributed by atoms with Gasteiger partial charge in [0.05, 0.1) is 48.9 Å². The van der Waals surface area contributed by atoms with Crippen LogP contribution in [0.25, 0.3) is 0 Å². The molecular weight excluding hydrogens is 1770 g/mol. The third kappa shape index (κ3) is 19.4. The van der Waals surface area contributed by atoms with E-state index in [9.17, 15) is 128 Å². The number of rotatable bonds is 17. The van der Waals surface area contributed by atoms with Crippen LogP contribution in [0.5, 0.6) is 0 Å². The minimum atomic E-state index is -3.65. The molecule has 1 N–H and O–H groups in total. The van der Waals surface area contributed by atoms with Crippen LogP contribution in [-0.4, -0.2) is 199 Å². The molecule has 3 heterocycles. The van der Waals surface area contributed by atoms with Crippen molar-refractivity contribution in [2.24, 2.45) is 135 Å². The molecule has 40 heteroatoms. The predicted molar refractivity (Wildman–Crippen MR) is 411 cm³/mol. The number of hydrogen-bond donors (Lipinski definition) is 1. The Balaban J connectivity index is 0.000000119. The standard InChI is InChI=1S/C23H28F2O6.C14H20F2O3.C14H20F2O2.C13H16F2O3.C11H12F2O4.C10H12F2O5S.C4H6F2O2/c1-22(11-4-9-3-10(6-11)7-12(22)5-9)31-20(27)16-14-8-13-15(16)19(26)29-17(13)18(14)30-21(28)23(2,24)25;1-12(15,16)11(17)19-8-13-3-9-2-10(4-13)6-14(18,5-9)7-13;1-13(15,16)12(17)18-8-14-5-9-2-10(6-14)4-11(3-9)7-14;1-12(14,15)11(17)18-13-4-7-2-8(5-13)10(16)9(3-7)6-13;1-11(12,13)10(15)17-7-4-2-5-6(3-4)9(14)16-8(5)7;1-10(11,12)9(13)16-7-4-2-5-6(3-4)18(14,15)17-8(5)7;1-4(5,6)3(7)8-2/h9-18H,3-8H2,1-2H3;9-10,18H,2-8H2,1H3;9-11H,2-8H2,1H3;7-9H,2-6H2,1H3;4-8H,2-3H2,1H3;4-8H,2-3H2,1H3;1-2H3. The van der Waals surface area contributed by atoms with E-state index in [0.717, 1.165) is 133 Å². The SMILES string of the molecule is CC(F)(F)C(=O)OC12CC3CC(C1)C(=O)C(C3)C2.CC(F)(F)C(=O)OC1C2CC3C(=O)OC1C3C2.CC(F)(F)C(=O)OC1C2CC3C1OC(=O)C3C2C(=O)OC1(C)C2CC3CC(C2)CC1C3.CC(F)(F)C(=O)OC1C2CC3C1OS(=O)(=O)C3C2.CC(F)(F)C(=O)OCC12CC3CC(CC(C3)C1)C2.CC(F)(F)C(=O)OCC12CC3CC(CC(O)(C3)C1)C2.COC(=O)C(C)(F)F. The molecule has 0 aromatic carbocycles. The number of fused-ring (bicyclic) bond motifs is 3. The molecule has 20 atom stereocenters. The normalized spacial score (nSPS) is 43.1. The summed E-state index contributed by atoms with van der Waals surface area (Å²) >= 11 is 0. The van der Waals surface area contributed by atoms with Crippen LogP contribution in [0.1, 0.15) is 229 Å². The van der Waals surface area contributed by atoms with Crippen LogP contribution in [-0.2, 0) is 114 Å². The second-order valence-corrected chi connectivity index (χ2v) is 45.0. The molecule has 22 aliphatic carbocycles. The topological polar surface area (TPSA) is 344 Å². The molecule has 3 aliphatic heterocycles. The Bertz CT molecular complexity index is 4410. The zero-order chi connectivity index (χ0) is 94.3. The first kappa shape index (κ1) is 96.8. The van der Waals surface area contributed by atoms with Gasteiger partial charge in [0.15, 0.2) is 0 Å². The van der Waals surface area contributed by atoms with Gasteiger partial charge in [0, 0.05) is 107 Å². The van der Waals surface area contributed by atoms with E-state index in [2.05, 4.69) is 4.74 Å². The van der Waals surface area contributed by atoms with Crippen molar-refractivity contribution in [3.05, 3.63) is 0 Å². The highest BCUT2D eigenvalue weighted by Crippen LogP contribution is 2.67. The second-order valence-electron chi connectivity index (χ2n) is 43.2. The van der Waals surface area contributed by atoms with Crippen LogP contribution in [0.15, 0.2) is 0 Å². The van der Waals surface area contributed by atoms with Gasteiger partial charge in [-0.3, -0.25) is 23.4 Å². The number of ketones is 1. The molecule has 129 heavy (non-hydrogen) atoms. The molecule has 0 amide bonds. The first-order chi connectivity index (χ1) is 59.5. The van der Waals surface area contributed by atoms with E-state index in [0.29, 0.717) is 129 Å². The summed E-state index contributed by atoms with van der Waals surface area (Å²) in [6, 6.07) is 0. The van der Waals surface area contributed by atoms with Crippen LogP contribution in [0.2, 0.25) is 0 Å². The van der Waals surface area contributed by atoms with E-state index < -0.39 is 182 Å². The first-order valence-corrected chi connectivity index (χ1v) is 46.7. The lowest BCUT2D eigenvalue weighted by atomic mass is 9.48. The summed E-state index contributed by atoms with van der Waals surface area (Å²) in [5, 5.41) is 9.95. The van der Waals surface area contributed by atoms with E-state index in [1.54, 1.807) is 0 Å². The van der Waals surface area contributed by atoms with Crippen molar-refractivity contribution in [2.75, 3.05) is 20.3 Å². The lowest BCUT2D eigenvalue weighted by Crippen LogP contribution is -2.59. The average Bonchev–Trinajstić information content (AvgIpc) is 1.51. The molecule has 0 radical (unpaired) electrons. The summed E-state index contributed by atoms with van der Waals surface area (Å²) in [4.78, 5) is 127. The van der Waals surface area contributed by atoms with E-state index in [-0.39, 0.29) is 83.1 Å². The quantitative estimate of drug-likeness (QED) is 0.0612. The second kappa shape index (κ2) is 33.7. The zero-order valence-electron chi connectivity index (χ0n) is 73.1. The van der Waals surface area contributed by atoms with Crippen molar-refractivity contribution in [3.8, 4) is 0 Å². The number of esters is 10.